The summed E-state index contributed by atoms with van der Waals surface area (Å²) in [4.78, 5) is 10.3. The highest BCUT2D eigenvalue weighted by atomic mass is 79.9. The van der Waals surface area contributed by atoms with Gasteiger partial charge in [-0.25, -0.2) is 0 Å². The van der Waals surface area contributed by atoms with E-state index < -0.39 is 4.92 Å². The van der Waals surface area contributed by atoms with Gasteiger partial charge < -0.3 is 10.1 Å². The topological polar surface area (TPSA) is 64.4 Å². The summed E-state index contributed by atoms with van der Waals surface area (Å²) in [6.45, 7) is 3.14. The van der Waals surface area contributed by atoms with E-state index in [1.165, 1.54) is 6.07 Å². The maximum absolute atomic E-state index is 10.8. The summed E-state index contributed by atoms with van der Waals surface area (Å²) in [7, 11) is 0. The Hall–Kier alpha value is -2.08. The number of nitrogens with zero attached hydrogens (tertiary/aromatic N) is 1. The molecule has 0 atom stereocenters. The van der Waals surface area contributed by atoms with Crippen LogP contribution in [-0.4, -0.2) is 11.5 Å². The molecule has 110 valence electrons. The third-order valence-corrected chi connectivity index (χ3v) is 3.53. The lowest BCUT2D eigenvalue weighted by atomic mass is 10.2. The van der Waals surface area contributed by atoms with E-state index in [1.54, 1.807) is 12.1 Å². The van der Waals surface area contributed by atoms with Gasteiger partial charge in [0.05, 0.1) is 16.0 Å². The number of nitro benzene ring substituents is 1. The van der Waals surface area contributed by atoms with Gasteiger partial charge in [0.1, 0.15) is 5.75 Å². The standard InChI is InChI=1S/C15H15BrN2O3/c1-2-21-15-6-4-3-5-11(15)10-17-12-7-8-14(18(19)20)13(16)9-12/h3-9,17H,2,10H2,1H3. The van der Waals surface area contributed by atoms with Crippen molar-refractivity contribution in [3.05, 3.63) is 62.6 Å². The van der Waals surface area contributed by atoms with E-state index in [-0.39, 0.29) is 5.69 Å². The smallest absolute Gasteiger partial charge is 0.283 e. The predicted molar refractivity (Wildman–Crippen MR) is 85.7 cm³/mol. The van der Waals surface area contributed by atoms with Crippen LogP contribution in [0.2, 0.25) is 0 Å². The summed E-state index contributed by atoms with van der Waals surface area (Å²) in [5.41, 5.74) is 1.89. The van der Waals surface area contributed by atoms with Crippen molar-refractivity contribution in [1.29, 1.82) is 0 Å². The maximum Gasteiger partial charge on any atom is 0.283 e. The number of benzene rings is 2. The Labute approximate surface area is 131 Å². The Balaban J connectivity index is 2.10. The third-order valence-electron chi connectivity index (χ3n) is 2.90. The molecule has 0 saturated heterocycles. The number of para-hydroxylation sites is 1. The van der Waals surface area contributed by atoms with Gasteiger partial charge in [0.2, 0.25) is 0 Å². The lowest BCUT2D eigenvalue weighted by molar-refractivity contribution is -0.385. The Bertz CT molecular complexity index is 647. The molecule has 6 heteroatoms. The minimum Gasteiger partial charge on any atom is -0.494 e. The molecular formula is C15H15BrN2O3. The summed E-state index contributed by atoms with van der Waals surface area (Å²) in [6.07, 6.45) is 0. The number of rotatable bonds is 6. The van der Waals surface area contributed by atoms with Crippen LogP contribution in [0.1, 0.15) is 12.5 Å². The van der Waals surface area contributed by atoms with Crippen LogP contribution in [0.5, 0.6) is 5.75 Å². The van der Waals surface area contributed by atoms with Crippen molar-refractivity contribution >= 4 is 27.3 Å². The molecule has 0 aliphatic rings. The first-order valence-electron chi connectivity index (χ1n) is 6.50. The number of hydrogen-bond donors (Lipinski definition) is 1. The first-order valence-corrected chi connectivity index (χ1v) is 7.29. The van der Waals surface area contributed by atoms with E-state index in [9.17, 15) is 10.1 Å². The normalized spacial score (nSPS) is 10.2. The molecule has 2 aromatic rings. The molecule has 5 nitrogen and oxygen atoms in total. The first-order chi connectivity index (χ1) is 10.1. The monoisotopic (exact) mass is 350 g/mol. The highest BCUT2D eigenvalue weighted by Crippen LogP contribution is 2.28. The van der Waals surface area contributed by atoms with Crippen molar-refractivity contribution in [3.63, 3.8) is 0 Å². The van der Waals surface area contributed by atoms with Gasteiger partial charge in [-0.1, -0.05) is 18.2 Å². The van der Waals surface area contributed by atoms with E-state index in [0.29, 0.717) is 17.6 Å². The quantitative estimate of drug-likeness (QED) is 0.620. The van der Waals surface area contributed by atoms with Crippen LogP contribution in [0.3, 0.4) is 0 Å². The number of nitro groups is 1. The van der Waals surface area contributed by atoms with Crippen molar-refractivity contribution in [1.82, 2.24) is 0 Å². The minimum atomic E-state index is -0.418. The Morgan fingerprint density at radius 2 is 2.05 bits per heavy atom. The molecular weight excluding hydrogens is 336 g/mol. The first kappa shape index (κ1) is 15.3. The van der Waals surface area contributed by atoms with E-state index >= 15 is 0 Å². The van der Waals surface area contributed by atoms with E-state index in [4.69, 9.17) is 4.74 Å². The van der Waals surface area contributed by atoms with Crippen LogP contribution in [0.25, 0.3) is 0 Å². The van der Waals surface area contributed by atoms with Gasteiger partial charge in [-0.05, 0) is 41.1 Å². The molecule has 0 amide bonds. The number of ether oxygens (including phenoxy) is 1. The Kier molecular flexibility index (Phi) is 5.16. The molecule has 1 N–H and O–H groups in total. The summed E-state index contributed by atoms with van der Waals surface area (Å²) in [5, 5.41) is 14.0. The minimum absolute atomic E-state index is 0.0512. The molecule has 0 aliphatic carbocycles. The van der Waals surface area contributed by atoms with Gasteiger partial charge in [-0.3, -0.25) is 10.1 Å². The van der Waals surface area contributed by atoms with Crippen molar-refractivity contribution in [2.24, 2.45) is 0 Å². The molecule has 0 radical (unpaired) electrons. The van der Waals surface area contributed by atoms with Gasteiger partial charge >= 0.3 is 0 Å². The fourth-order valence-corrected chi connectivity index (χ4v) is 2.43. The second-order valence-corrected chi connectivity index (χ2v) is 5.17. The van der Waals surface area contributed by atoms with Crippen molar-refractivity contribution in [2.75, 3.05) is 11.9 Å². The van der Waals surface area contributed by atoms with E-state index in [0.717, 1.165) is 17.0 Å². The molecule has 0 saturated carbocycles. The molecule has 2 aromatic carbocycles. The molecule has 0 aromatic heterocycles. The van der Waals surface area contributed by atoms with Crippen LogP contribution in [0.4, 0.5) is 11.4 Å². The lowest BCUT2D eigenvalue weighted by Gasteiger charge is -2.12. The largest absolute Gasteiger partial charge is 0.494 e. The molecule has 21 heavy (non-hydrogen) atoms. The predicted octanol–water partition coefficient (Wildman–Crippen LogP) is 4.37. The SMILES string of the molecule is CCOc1ccccc1CNc1ccc([N+](=O)[O-])c(Br)c1. The molecule has 0 aliphatic heterocycles. The van der Waals surface area contributed by atoms with Gasteiger partial charge in [0.15, 0.2) is 0 Å². The Morgan fingerprint density at radius 3 is 2.71 bits per heavy atom. The highest BCUT2D eigenvalue weighted by Gasteiger charge is 2.11. The van der Waals surface area contributed by atoms with Crippen LogP contribution in [-0.2, 0) is 6.54 Å². The lowest BCUT2D eigenvalue weighted by Crippen LogP contribution is -2.03. The number of anilines is 1. The number of halogens is 1. The summed E-state index contributed by atoms with van der Waals surface area (Å²) < 4.78 is 6.02. The Morgan fingerprint density at radius 1 is 1.29 bits per heavy atom. The molecule has 0 bridgehead atoms. The highest BCUT2D eigenvalue weighted by molar-refractivity contribution is 9.10. The third kappa shape index (κ3) is 3.95. The van der Waals surface area contributed by atoms with Crippen LogP contribution in [0.15, 0.2) is 46.9 Å². The molecule has 0 unspecified atom stereocenters. The van der Waals surface area contributed by atoms with Crippen LogP contribution in [0, 0.1) is 10.1 Å². The average Bonchev–Trinajstić information content (AvgIpc) is 2.46. The van der Waals surface area contributed by atoms with Gasteiger partial charge in [-0.15, -0.1) is 0 Å². The fraction of sp³-hybridized carbons (Fsp3) is 0.200. The number of nitrogens with one attached hydrogen (secondary N) is 1. The zero-order chi connectivity index (χ0) is 15.2. The van der Waals surface area contributed by atoms with E-state index in [2.05, 4.69) is 21.2 Å². The summed E-state index contributed by atoms with van der Waals surface area (Å²) in [5.74, 6) is 0.841. The van der Waals surface area contributed by atoms with Crippen molar-refractivity contribution < 1.29 is 9.66 Å². The number of hydrogen-bond acceptors (Lipinski definition) is 4. The van der Waals surface area contributed by atoms with Gasteiger partial charge in [-0.2, -0.15) is 0 Å². The average molecular weight is 351 g/mol. The zero-order valence-electron chi connectivity index (χ0n) is 11.5. The van der Waals surface area contributed by atoms with Crippen molar-refractivity contribution in [3.8, 4) is 5.75 Å². The molecule has 0 fully saturated rings. The molecule has 2 rings (SSSR count). The van der Waals surface area contributed by atoms with Crippen LogP contribution < -0.4 is 10.1 Å². The zero-order valence-corrected chi connectivity index (χ0v) is 13.1. The van der Waals surface area contributed by atoms with Gasteiger partial charge in [0.25, 0.3) is 5.69 Å². The molecule has 0 spiro atoms. The van der Waals surface area contributed by atoms with Gasteiger partial charge in [0, 0.05) is 23.9 Å². The fourth-order valence-electron chi connectivity index (χ4n) is 1.91. The summed E-state index contributed by atoms with van der Waals surface area (Å²) in [6, 6.07) is 12.6. The van der Waals surface area contributed by atoms with Crippen LogP contribution >= 0.6 is 15.9 Å². The maximum atomic E-state index is 10.8. The summed E-state index contributed by atoms with van der Waals surface area (Å²) >= 11 is 3.21. The van der Waals surface area contributed by atoms with Crippen molar-refractivity contribution in [2.45, 2.75) is 13.5 Å². The second kappa shape index (κ2) is 7.08. The second-order valence-electron chi connectivity index (χ2n) is 4.32. The molecule has 0 heterocycles. The van der Waals surface area contributed by atoms with E-state index in [1.807, 2.05) is 31.2 Å².